The van der Waals surface area contributed by atoms with Crippen LogP contribution in [-0.2, 0) is 11.3 Å². The van der Waals surface area contributed by atoms with Crippen LogP contribution in [-0.4, -0.2) is 28.6 Å². The minimum absolute atomic E-state index is 0.0564. The Morgan fingerprint density at radius 2 is 2.54 bits per heavy atom. The summed E-state index contributed by atoms with van der Waals surface area (Å²) in [7, 11) is 0. The molecule has 2 heterocycles. The molecule has 1 aliphatic heterocycles. The summed E-state index contributed by atoms with van der Waals surface area (Å²) >= 11 is 1.64. The molecule has 1 N–H and O–H groups in total. The Morgan fingerprint density at radius 3 is 3.08 bits per heavy atom. The van der Waals surface area contributed by atoms with Crippen molar-refractivity contribution in [1.29, 1.82) is 0 Å². The van der Waals surface area contributed by atoms with Gasteiger partial charge in [-0.25, -0.2) is 0 Å². The number of carbonyl (C=O) groups excluding carboxylic acids is 1. The van der Waals surface area contributed by atoms with Gasteiger partial charge in [-0.1, -0.05) is 6.07 Å². The lowest BCUT2D eigenvalue weighted by Crippen LogP contribution is -2.24. The average molecular weight is 197 g/mol. The number of rotatable bonds is 2. The molecular weight excluding hydrogens is 186 g/mol. The van der Waals surface area contributed by atoms with Gasteiger partial charge in [-0.2, -0.15) is 0 Å². The monoisotopic (exact) mass is 197 g/mol. The van der Waals surface area contributed by atoms with Gasteiger partial charge in [-0.15, -0.1) is 11.3 Å². The fourth-order valence-corrected chi connectivity index (χ4v) is 2.21. The van der Waals surface area contributed by atoms with Crippen molar-refractivity contribution in [2.75, 3.05) is 6.54 Å². The van der Waals surface area contributed by atoms with Crippen LogP contribution in [0.4, 0.5) is 0 Å². The van der Waals surface area contributed by atoms with Crippen molar-refractivity contribution in [1.82, 2.24) is 4.90 Å². The Hall–Kier alpha value is -0.870. The molecule has 0 aromatic carbocycles. The molecule has 3 nitrogen and oxygen atoms in total. The second-order valence-corrected chi connectivity index (χ2v) is 4.24. The number of aliphatic hydroxyl groups is 1. The van der Waals surface area contributed by atoms with Crippen LogP contribution < -0.4 is 0 Å². The van der Waals surface area contributed by atoms with Gasteiger partial charge in [-0.05, 0) is 11.4 Å². The van der Waals surface area contributed by atoms with E-state index in [9.17, 15) is 9.90 Å². The minimum atomic E-state index is -0.465. The first-order chi connectivity index (χ1) is 6.25. The number of β-amino-alcohol motifs (C(OH)–C–C–N with tert-alkyl or cyclic N) is 1. The molecule has 13 heavy (non-hydrogen) atoms. The zero-order valence-corrected chi connectivity index (χ0v) is 7.96. The maximum Gasteiger partial charge on any atom is 0.225 e. The van der Waals surface area contributed by atoms with Crippen molar-refractivity contribution in [3.8, 4) is 0 Å². The zero-order valence-electron chi connectivity index (χ0n) is 7.14. The molecule has 1 aliphatic rings. The van der Waals surface area contributed by atoms with Crippen molar-refractivity contribution in [2.45, 2.75) is 19.1 Å². The van der Waals surface area contributed by atoms with Crippen LogP contribution in [0.3, 0.4) is 0 Å². The molecule has 1 saturated heterocycles. The number of hydrogen-bond donors (Lipinski definition) is 1. The van der Waals surface area contributed by atoms with E-state index < -0.39 is 6.10 Å². The van der Waals surface area contributed by atoms with E-state index in [-0.39, 0.29) is 12.3 Å². The van der Waals surface area contributed by atoms with E-state index in [1.807, 2.05) is 17.5 Å². The number of amides is 1. The van der Waals surface area contributed by atoms with Crippen LogP contribution in [0.1, 0.15) is 11.3 Å². The second kappa shape index (κ2) is 3.47. The van der Waals surface area contributed by atoms with E-state index in [2.05, 4.69) is 0 Å². The van der Waals surface area contributed by atoms with E-state index in [1.165, 1.54) is 4.88 Å². The van der Waals surface area contributed by atoms with E-state index in [1.54, 1.807) is 16.2 Å². The Bertz CT molecular complexity index is 297. The van der Waals surface area contributed by atoms with Crippen LogP contribution >= 0.6 is 11.3 Å². The summed E-state index contributed by atoms with van der Waals surface area (Å²) < 4.78 is 0. The van der Waals surface area contributed by atoms with Crippen LogP contribution in [0.25, 0.3) is 0 Å². The molecule has 0 radical (unpaired) electrons. The average Bonchev–Trinajstić information content (AvgIpc) is 2.63. The third-order valence-corrected chi connectivity index (χ3v) is 2.98. The third-order valence-electron chi connectivity index (χ3n) is 2.12. The summed E-state index contributed by atoms with van der Waals surface area (Å²) in [6.07, 6.45) is -0.182. The largest absolute Gasteiger partial charge is 0.391 e. The standard InChI is InChI=1S/C9H11NO2S/c11-7-4-9(12)10(5-7)6-8-2-1-3-13-8/h1-3,7,11H,4-6H2. The highest BCUT2D eigenvalue weighted by atomic mass is 32.1. The molecule has 4 heteroatoms. The van der Waals surface area contributed by atoms with E-state index in [0.29, 0.717) is 13.1 Å². The van der Waals surface area contributed by atoms with Crippen LogP contribution in [0, 0.1) is 0 Å². The molecule has 0 saturated carbocycles. The molecule has 1 aromatic heterocycles. The van der Waals surface area contributed by atoms with Crippen molar-refractivity contribution in [2.24, 2.45) is 0 Å². The van der Waals surface area contributed by atoms with Gasteiger partial charge < -0.3 is 10.0 Å². The van der Waals surface area contributed by atoms with Gasteiger partial charge in [0.15, 0.2) is 0 Å². The van der Waals surface area contributed by atoms with Crippen LogP contribution in [0.2, 0.25) is 0 Å². The molecule has 1 aromatic rings. The lowest BCUT2D eigenvalue weighted by atomic mass is 10.3. The van der Waals surface area contributed by atoms with Gasteiger partial charge in [0.2, 0.25) is 5.91 Å². The fraction of sp³-hybridized carbons (Fsp3) is 0.444. The van der Waals surface area contributed by atoms with Crippen molar-refractivity contribution < 1.29 is 9.90 Å². The quantitative estimate of drug-likeness (QED) is 0.763. The molecule has 0 spiro atoms. The van der Waals surface area contributed by atoms with E-state index in [0.717, 1.165) is 0 Å². The summed E-state index contributed by atoms with van der Waals surface area (Å²) in [6, 6.07) is 3.97. The molecule has 70 valence electrons. The molecule has 1 atom stereocenters. The van der Waals surface area contributed by atoms with Crippen molar-refractivity contribution in [3.63, 3.8) is 0 Å². The summed E-state index contributed by atoms with van der Waals surface area (Å²) in [5, 5.41) is 11.2. The summed E-state index contributed by atoms with van der Waals surface area (Å²) in [6.45, 7) is 1.13. The highest BCUT2D eigenvalue weighted by Crippen LogP contribution is 2.17. The Labute approximate surface area is 80.6 Å². The van der Waals surface area contributed by atoms with Crippen LogP contribution in [0.5, 0.6) is 0 Å². The molecule has 1 amide bonds. The first kappa shape index (κ1) is 8.72. The van der Waals surface area contributed by atoms with Gasteiger partial charge in [0.05, 0.1) is 19.1 Å². The predicted octanol–water partition coefficient (Wildman–Crippen LogP) is 0.841. The lowest BCUT2D eigenvalue weighted by molar-refractivity contribution is -0.128. The number of hydrogen-bond acceptors (Lipinski definition) is 3. The summed E-state index contributed by atoms with van der Waals surface area (Å²) in [5.74, 6) is 0.0564. The Morgan fingerprint density at radius 1 is 1.69 bits per heavy atom. The van der Waals surface area contributed by atoms with Crippen molar-refractivity contribution in [3.05, 3.63) is 22.4 Å². The lowest BCUT2D eigenvalue weighted by Gasteiger charge is -2.13. The molecular formula is C9H11NO2S. The molecule has 1 unspecified atom stereocenters. The van der Waals surface area contributed by atoms with Crippen molar-refractivity contribution >= 4 is 17.2 Å². The normalized spacial score (nSPS) is 22.7. The third kappa shape index (κ3) is 1.89. The number of likely N-dealkylation sites (tertiary alicyclic amines) is 1. The maximum absolute atomic E-state index is 11.3. The number of nitrogens with zero attached hydrogens (tertiary/aromatic N) is 1. The smallest absolute Gasteiger partial charge is 0.225 e. The van der Waals surface area contributed by atoms with Crippen LogP contribution in [0.15, 0.2) is 17.5 Å². The molecule has 0 bridgehead atoms. The Kier molecular flexibility index (Phi) is 2.33. The highest BCUT2D eigenvalue weighted by molar-refractivity contribution is 7.09. The molecule has 0 aliphatic carbocycles. The SMILES string of the molecule is O=C1CC(O)CN1Cc1cccs1. The fourth-order valence-electron chi connectivity index (χ4n) is 1.49. The highest BCUT2D eigenvalue weighted by Gasteiger charge is 2.27. The van der Waals surface area contributed by atoms with Gasteiger partial charge in [0, 0.05) is 11.4 Å². The topological polar surface area (TPSA) is 40.5 Å². The zero-order chi connectivity index (χ0) is 9.26. The molecule has 2 rings (SSSR count). The number of thiophene rings is 1. The summed E-state index contributed by atoms with van der Waals surface area (Å²) in [4.78, 5) is 14.2. The van der Waals surface area contributed by atoms with Gasteiger partial charge in [0.25, 0.3) is 0 Å². The van der Waals surface area contributed by atoms with E-state index in [4.69, 9.17) is 0 Å². The maximum atomic E-state index is 11.3. The minimum Gasteiger partial charge on any atom is -0.391 e. The first-order valence-corrected chi connectivity index (χ1v) is 5.12. The number of aliphatic hydroxyl groups excluding tert-OH is 1. The van der Waals surface area contributed by atoms with E-state index >= 15 is 0 Å². The van der Waals surface area contributed by atoms with Gasteiger partial charge in [0.1, 0.15) is 0 Å². The number of carbonyl (C=O) groups is 1. The van der Waals surface area contributed by atoms with Gasteiger partial charge >= 0.3 is 0 Å². The summed E-state index contributed by atoms with van der Waals surface area (Å²) in [5.41, 5.74) is 0. The predicted molar refractivity (Wildman–Crippen MR) is 50.4 cm³/mol. The first-order valence-electron chi connectivity index (χ1n) is 4.24. The second-order valence-electron chi connectivity index (χ2n) is 3.21. The Balaban J connectivity index is 1.99. The van der Waals surface area contributed by atoms with Gasteiger partial charge in [-0.3, -0.25) is 4.79 Å². The molecule has 1 fully saturated rings.